The average Bonchev–Trinajstić information content (AvgIpc) is 3.60. The van der Waals surface area contributed by atoms with Crippen molar-refractivity contribution in [3.8, 4) is 17.2 Å². The third-order valence-electron chi connectivity index (χ3n) is 6.90. The lowest BCUT2D eigenvalue weighted by Crippen LogP contribution is -2.40. The van der Waals surface area contributed by atoms with E-state index in [-0.39, 0.29) is 13.2 Å². The summed E-state index contributed by atoms with van der Waals surface area (Å²) in [5.74, 6) is 1.79. The molecule has 0 radical (unpaired) electrons. The molecule has 15 nitrogen and oxygen atoms in total. The number of ether oxygens (including phenoxy) is 4. The molecule has 224 valence electrons. The molecule has 4 aromatic rings. The molecule has 1 aliphatic heterocycles. The van der Waals surface area contributed by atoms with Crippen LogP contribution in [-0.4, -0.2) is 70.0 Å². The van der Waals surface area contributed by atoms with E-state index in [9.17, 15) is 9.90 Å². The Morgan fingerprint density at radius 1 is 1.16 bits per heavy atom. The fourth-order valence-electron chi connectivity index (χ4n) is 4.76. The monoisotopic (exact) mass is 609 g/mol. The Labute approximate surface area is 250 Å². The number of rotatable bonds is 11. The summed E-state index contributed by atoms with van der Waals surface area (Å²) >= 11 is 6.31. The molecule has 43 heavy (non-hydrogen) atoms. The number of azide groups is 1. The minimum Gasteiger partial charge on any atom is -0.497 e. The van der Waals surface area contributed by atoms with Gasteiger partial charge in [-0.2, -0.15) is 0 Å². The van der Waals surface area contributed by atoms with Crippen LogP contribution in [0, 0.1) is 0 Å². The van der Waals surface area contributed by atoms with Gasteiger partial charge in [-0.15, -0.1) is 0 Å². The Kier molecular flexibility index (Phi) is 8.97. The number of nitrogens with one attached hydrogen (secondary N) is 2. The normalized spacial score (nSPS) is 19.5. The molecule has 1 aliphatic rings. The van der Waals surface area contributed by atoms with Gasteiger partial charge in [0.2, 0.25) is 5.91 Å². The van der Waals surface area contributed by atoms with Gasteiger partial charge in [0.05, 0.1) is 20.5 Å². The van der Waals surface area contributed by atoms with Crippen molar-refractivity contribution in [3.05, 3.63) is 75.6 Å². The standard InChI is InChI=1S/C27H28ClN9O6/c1-30-26(39)23-20(35-36-29)22(38)27(43-23)37-13-34-21-24(32-12-33-25(21)37)31-10-14-8-16(28)4-6-19(14)42-11-15-9-17(40-2)5-7-18(15)41-3/h4-9,12-13,20,22-23,27,38H,10-11H2,1-3H3,(H,30,39)(H,31,32,33)/t20-,22+,23-,27+/m0/s1. The number of fused-ring (bicyclic) bond motifs is 1. The van der Waals surface area contributed by atoms with Crippen molar-refractivity contribution in [3.63, 3.8) is 0 Å². The van der Waals surface area contributed by atoms with E-state index in [1.807, 2.05) is 18.2 Å². The molecule has 0 saturated carbocycles. The summed E-state index contributed by atoms with van der Waals surface area (Å²) in [5, 5.41) is 20.7. The molecule has 1 saturated heterocycles. The predicted octanol–water partition coefficient (Wildman–Crippen LogP) is 3.37. The van der Waals surface area contributed by atoms with Gasteiger partial charge in [0, 0.05) is 34.7 Å². The highest BCUT2D eigenvalue weighted by Gasteiger charge is 2.48. The van der Waals surface area contributed by atoms with Crippen LogP contribution in [0.4, 0.5) is 5.82 Å². The first-order chi connectivity index (χ1) is 20.9. The number of carbonyl (C=O) groups is 1. The number of hydrogen-bond donors (Lipinski definition) is 3. The number of carbonyl (C=O) groups excluding carboxylic acids is 1. The molecular formula is C27H28ClN9O6. The highest BCUT2D eigenvalue weighted by atomic mass is 35.5. The van der Waals surface area contributed by atoms with Crippen molar-refractivity contribution in [2.24, 2.45) is 5.11 Å². The Morgan fingerprint density at radius 2 is 1.98 bits per heavy atom. The van der Waals surface area contributed by atoms with Crippen molar-refractivity contribution in [2.75, 3.05) is 26.6 Å². The summed E-state index contributed by atoms with van der Waals surface area (Å²) in [6, 6.07) is 9.60. The summed E-state index contributed by atoms with van der Waals surface area (Å²) in [6.45, 7) is 0.485. The predicted molar refractivity (Wildman–Crippen MR) is 155 cm³/mol. The van der Waals surface area contributed by atoms with Crippen molar-refractivity contribution >= 4 is 34.5 Å². The first-order valence-corrected chi connectivity index (χ1v) is 13.4. The molecule has 0 aliphatic carbocycles. The third-order valence-corrected chi connectivity index (χ3v) is 7.14. The molecule has 0 spiro atoms. The molecule has 1 fully saturated rings. The molecule has 4 atom stereocenters. The van der Waals surface area contributed by atoms with E-state index < -0.39 is 30.4 Å². The number of benzene rings is 2. The van der Waals surface area contributed by atoms with Gasteiger partial charge in [-0.1, -0.05) is 16.7 Å². The zero-order valence-corrected chi connectivity index (χ0v) is 24.1. The van der Waals surface area contributed by atoms with Crippen LogP contribution in [0.5, 0.6) is 17.2 Å². The summed E-state index contributed by atoms with van der Waals surface area (Å²) < 4.78 is 24.2. The summed E-state index contributed by atoms with van der Waals surface area (Å²) in [7, 11) is 4.60. The van der Waals surface area contributed by atoms with Crippen LogP contribution in [0.2, 0.25) is 5.02 Å². The number of anilines is 1. The largest absolute Gasteiger partial charge is 0.497 e. The maximum atomic E-state index is 12.3. The number of aliphatic hydroxyl groups excluding tert-OH is 1. The summed E-state index contributed by atoms with van der Waals surface area (Å²) in [5.41, 5.74) is 11.2. The number of imidazole rings is 1. The van der Waals surface area contributed by atoms with Gasteiger partial charge in [-0.25, -0.2) is 15.0 Å². The van der Waals surface area contributed by atoms with Crippen LogP contribution in [0.15, 0.2) is 54.2 Å². The van der Waals surface area contributed by atoms with E-state index in [0.717, 1.165) is 11.1 Å². The first-order valence-electron chi connectivity index (χ1n) is 13.0. The van der Waals surface area contributed by atoms with Gasteiger partial charge < -0.3 is 34.7 Å². The van der Waals surface area contributed by atoms with Crippen LogP contribution in [0.3, 0.4) is 0 Å². The first kappa shape index (κ1) is 29.7. The van der Waals surface area contributed by atoms with Gasteiger partial charge in [0.25, 0.3) is 0 Å². The van der Waals surface area contributed by atoms with Gasteiger partial charge in [0.1, 0.15) is 48.4 Å². The van der Waals surface area contributed by atoms with Crippen LogP contribution in [0.25, 0.3) is 21.6 Å². The lowest BCUT2D eigenvalue weighted by molar-refractivity contribution is -0.134. The lowest BCUT2D eigenvalue weighted by atomic mass is 10.1. The minimum absolute atomic E-state index is 0.217. The Hall–Kier alpha value is -4.82. The number of methoxy groups -OCH3 is 2. The fourth-order valence-corrected chi connectivity index (χ4v) is 4.96. The maximum Gasteiger partial charge on any atom is 0.249 e. The maximum absolute atomic E-state index is 12.3. The second-order valence-electron chi connectivity index (χ2n) is 9.37. The molecule has 0 bridgehead atoms. The topological polar surface area (TPSA) is 191 Å². The molecule has 0 unspecified atom stereocenters. The Morgan fingerprint density at radius 3 is 2.72 bits per heavy atom. The average molecular weight is 610 g/mol. The van der Waals surface area contributed by atoms with E-state index >= 15 is 0 Å². The number of halogens is 1. The van der Waals surface area contributed by atoms with E-state index in [0.29, 0.717) is 39.3 Å². The van der Waals surface area contributed by atoms with Gasteiger partial charge in [0.15, 0.2) is 23.2 Å². The second-order valence-corrected chi connectivity index (χ2v) is 9.80. The molecule has 3 N–H and O–H groups in total. The summed E-state index contributed by atoms with van der Waals surface area (Å²) in [4.78, 5) is 28.1. The Balaban J connectivity index is 1.37. The van der Waals surface area contributed by atoms with Crippen molar-refractivity contribution in [2.45, 2.75) is 37.6 Å². The highest BCUT2D eigenvalue weighted by Crippen LogP contribution is 2.35. The quantitative estimate of drug-likeness (QED) is 0.129. The molecule has 16 heteroatoms. The molecule has 3 heterocycles. The number of hydrogen-bond acceptors (Lipinski definition) is 11. The molecular weight excluding hydrogens is 582 g/mol. The molecule has 1 amide bonds. The molecule has 5 rings (SSSR count). The van der Waals surface area contributed by atoms with E-state index in [1.54, 1.807) is 32.4 Å². The SMILES string of the molecule is CNC(=O)[C@H]1O[C@@H](n2cnc3c(NCc4cc(Cl)ccc4OCc4cc(OC)ccc4OC)ncnc32)[C@H](O)[C@@H]1N=[N+]=[N-]. The number of likely N-dealkylation sites (N-methyl/N-ethyl adjacent to an activating group) is 1. The second kappa shape index (κ2) is 13.0. The number of aliphatic hydroxyl groups is 1. The Bertz CT molecular complexity index is 1680. The number of aromatic nitrogens is 4. The smallest absolute Gasteiger partial charge is 0.249 e. The van der Waals surface area contributed by atoms with E-state index in [2.05, 4.69) is 35.6 Å². The van der Waals surface area contributed by atoms with Gasteiger partial charge in [-0.3, -0.25) is 9.36 Å². The van der Waals surface area contributed by atoms with Crippen molar-refractivity contribution < 1.29 is 28.8 Å². The van der Waals surface area contributed by atoms with Crippen LogP contribution >= 0.6 is 11.6 Å². The highest BCUT2D eigenvalue weighted by molar-refractivity contribution is 6.30. The van der Waals surface area contributed by atoms with E-state index in [1.165, 1.54) is 24.3 Å². The van der Waals surface area contributed by atoms with Crippen LogP contribution in [0.1, 0.15) is 17.4 Å². The fraction of sp³-hybridized carbons (Fsp3) is 0.333. The number of nitrogens with zero attached hydrogens (tertiary/aromatic N) is 7. The zero-order valence-electron chi connectivity index (χ0n) is 23.3. The zero-order chi connectivity index (χ0) is 30.5. The molecule has 2 aromatic carbocycles. The van der Waals surface area contributed by atoms with Crippen LogP contribution in [-0.2, 0) is 22.7 Å². The molecule has 2 aromatic heterocycles. The summed E-state index contributed by atoms with van der Waals surface area (Å²) in [6.07, 6.45) is -0.886. The van der Waals surface area contributed by atoms with Crippen LogP contribution < -0.4 is 24.8 Å². The van der Waals surface area contributed by atoms with Gasteiger partial charge >= 0.3 is 0 Å². The van der Waals surface area contributed by atoms with E-state index in [4.69, 9.17) is 36.1 Å². The van der Waals surface area contributed by atoms with Crippen molar-refractivity contribution in [1.82, 2.24) is 24.8 Å². The number of amides is 1. The third kappa shape index (κ3) is 6.05. The van der Waals surface area contributed by atoms with Crippen molar-refractivity contribution in [1.29, 1.82) is 0 Å². The van der Waals surface area contributed by atoms with Gasteiger partial charge in [-0.05, 0) is 41.9 Å². The minimum atomic E-state index is -1.34. The lowest BCUT2D eigenvalue weighted by Gasteiger charge is -2.17.